The van der Waals surface area contributed by atoms with Gasteiger partial charge < -0.3 is 20.2 Å². The minimum atomic E-state index is -1.15. The molecule has 3 rings (SSSR count). The van der Waals surface area contributed by atoms with Crippen LogP contribution in [0, 0.1) is 5.92 Å². The second-order valence-corrected chi connectivity index (χ2v) is 12.0. The average molecular weight is 531 g/mol. The van der Waals surface area contributed by atoms with Crippen LogP contribution in [0.1, 0.15) is 57.6 Å². The SMILES string of the molecule is CC(C)C[C@H](NC(=O)c1cc2ccccc2s1)C(=O)N1CCN(C(=O)[C@H](C)N(C(=O)O)C(C)(C)C)CC1. The summed E-state index contributed by atoms with van der Waals surface area (Å²) in [5, 5.41) is 13.6. The molecule has 1 fully saturated rings. The van der Waals surface area contributed by atoms with Gasteiger partial charge in [-0.25, -0.2) is 4.79 Å². The predicted octanol–water partition coefficient (Wildman–Crippen LogP) is 3.88. The van der Waals surface area contributed by atoms with Crippen molar-refractivity contribution in [2.75, 3.05) is 26.2 Å². The molecule has 1 aromatic heterocycles. The van der Waals surface area contributed by atoms with E-state index in [1.54, 1.807) is 37.5 Å². The van der Waals surface area contributed by atoms with Crippen LogP contribution in [0.15, 0.2) is 30.3 Å². The van der Waals surface area contributed by atoms with Gasteiger partial charge in [-0.2, -0.15) is 0 Å². The van der Waals surface area contributed by atoms with E-state index in [1.807, 2.05) is 44.2 Å². The number of fused-ring (bicyclic) bond motifs is 1. The molecule has 2 aromatic rings. The van der Waals surface area contributed by atoms with Gasteiger partial charge >= 0.3 is 6.09 Å². The van der Waals surface area contributed by atoms with E-state index in [4.69, 9.17) is 0 Å². The van der Waals surface area contributed by atoms with Gasteiger partial charge in [-0.3, -0.25) is 19.3 Å². The maximum absolute atomic E-state index is 13.4. The Morgan fingerprint density at radius 2 is 1.57 bits per heavy atom. The third kappa shape index (κ3) is 6.80. The van der Waals surface area contributed by atoms with Gasteiger partial charge in [0, 0.05) is 36.4 Å². The molecule has 1 aliphatic rings. The molecule has 2 heterocycles. The first-order valence-electron chi connectivity index (χ1n) is 12.7. The molecule has 0 radical (unpaired) electrons. The Hall–Kier alpha value is -3.14. The Balaban J connectivity index is 1.65. The van der Waals surface area contributed by atoms with Gasteiger partial charge in [0.1, 0.15) is 12.1 Å². The van der Waals surface area contributed by atoms with E-state index in [9.17, 15) is 24.3 Å². The maximum Gasteiger partial charge on any atom is 0.408 e. The number of amides is 4. The lowest BCUT2D eigenvalue weighted by Crippen LogP contribution is -2.60. The summed E-state index contributed by atoms with van der Waals surface area (Å²) in [4.78, 5) is 56.4. The number of thiophene rings is 1. The predicted molar refractivity (Wildman–Crippen MR) is 145 cm³/mol. The van der Waals surface area contributed by atoms with Gasteiger partial charge in [0.15, 0.2) is 0 Å². The third-order valence-corrected chi connectivity index (χ3v) is 7.65. The molecular weight excluding hydrogens is 492 g/mol. The fourth-order valence-corrected chi connectivity index (χ4v) is 5.76. The molecule has 0 unspecified atom stereocenters. The number of benzene rings is 1. The van der Waals surface area contributed by atoms with Crippen molar-refractivity contribution in [1.82, 2.24) is 20.0 Å². The number of hydrogen-bond acceptors (Lipinski definition) is 5. The Morgan fingerprint density at radius 3 is 2.08 bits per heavy atom. The van der Waals surface area contributed by atoms with Crippen LogP contribution in [0.25, 0.3) is 10.1 Å². The second-order valence-electron chi connectivity index (χ2n) is 11.0. The lowest BCUT2D eigenvalue weighted by molar-refractivity contribution is -0.144. The molecule has 37 heavy (non-hydrogen) atoms. The first kappa shape index (κ1) is 28.4. The van der Waals surface area contributed by atoms with Crippen molar-refractivity contribution < 1.29 is 24.3 Å². The third-order valence-electron chi connectivity index (χ3n) is 6.54. The molecule has 0 bridgehead atoms. The van der Waals surface area contributed by atoms with Crippen molar-refractivity contribution in [3.63, 3.8) is 0 Å². The number of nitrogens with zero attached hydrogens (tertiary/aromatic N) is 3. The standard InChI is InChI=1S/C27H38N4O5S/c1-17(2)15-20(28-23(32)22-16-19-9-7-8-10-21(19)37-22)25(34)30-13-11-29(12-14-30)24(33)18(3)31(26(35)36)27(4,5)6/h7-10,16-18,20H,11-15H2,1-6H3,(H,28,32)(H,35,36)/t18-,20-/m0/s1. The normalized spacial score (nSPS) is 16.0. The number of piperazine rings is 1. The van der Waals surface area contributed by atoms with Crippen LogP contribution in [-0.4, -0.2) is 87.4 Å². The quantitative estimate of drug-likeness (QED) is 0.565. The van der Waals surface area contributed by atoms with Crippen LogP contribution in [0.4, 0.5) is 4.79 Å². The molecule has 1 aromatic carbocycles. The summed E-state index contributed by atoms with van der Waals surface area (Å²) < 4.78 is 1.02. The molecule has 4 amide bonds. The fourth-order valence-electron chi connectivity index (χ4n) is 4.79. The van der Waals surface area contributed by atoms with E-state index in [-0.39, 0.29) is 23.6 Å². The smallest absolute Gasteiger partial charge is 0.408 e. The minimum Gasteiger partial charge on any atom is -0.465 e. The lowest BCUT2D eigenvalue weighted by atomic mass is 10.0. The maximum atomic E-state index is 13.4. The highest BCUT2D eigenvalue weighted by atomic mass is 32.1. The molecule has 0 spiro atoms. The zero-order valence-corrected chi connectivity index (χ0v) is 23.3. The van der Waals surface area contributed by atoms with E-state index in [0.717, 1.165) is 15.0 Å². The topological polar surface area (TPSA) is 110 Å². The zero-order chi connectivity index (χ0) is 27.5. The van der Waals surface area contributed by atoms with Gasteiger partial charge in [-0.15, -0.1) is 11.3 Å². The summed E-state index contributed by atoms with van der Waals surface area (Å²) in [6.07, 6.45) is -0.641. The van der Waals surface area contributed by atoms with Crippen molar-refractivity contribution in [1.29, 1.82) is 0 Å². The Labute approximate surface area is 222 Å². The minimum absolute atomic E-state index is 0.162. The van der Waals surface area contributed by atoms with Crippen molar-refractivity contribution in [2.24, 2.45) is 5.92 Å². The highest BCUT2D eigenvalue weighted by molar-refractivity contribution is 7.20. The summed E-state index contributed by atoms with van der Waals surface area (Å²) in [5.41, 5.74) is -0.727. The van der Waals surface area contributed by atoms with E-state index < -0.39 is 23.7 Å². The average Bonchev–Trinajstić information content (AvgIpc) is 3.26. The highest BCUT2D eigenvalue weighted by Gasteiger charge is 2.38. The molecule has 2 atom stereocenters. The van der Waals surface area contributed by atoms with E-state index in [2.05, 4.69) is 5.32 Å². The molecular formula is C27H38N4O5S. The van der Waals surface area contributed by atoms with E-state index >= 15 is 0 Å². The molecule has 202 valence electrons. The van der Waals surface area contributed by atoms with Crippen molar-refractivity contribution >= 4 is 45.2 Å². The van der Waals surface area contributed by atoms with Crippen LogP contribution in [-0.2, 0) is 9.59 Å². The number of carbonyl (C=O) groups excluding carboxylic acids is 3. The van der Waals surface area contributed by atoms with Gasteiger partial charge in [0.05, 0.1) is 4.88 Å². The summed E-state index contributed by atoms with van der Waals surface area (Å²) in [6, 6.07) is 8.12. The highest BCUT2D eigenvalue weighted by Crippen LogP contribution is 2.25. The van der Waals surface area contributed by atoms with E-state index in [0.29, 0.717) is 37.5 Å². The number of rotatable bonds is 7. The summed E-state index contributed by atoms with van der Waals surface area (Å²) in [5.74, 6) is -0.509. The number of hydrogen-bond donors (Lipinski definition) is 2. The van der Waals surface area contributed by atoms with Crippen LogP contribution in [0.5, 0.6) is 0 Å². The molecule has 2 N–H and O–H groups in total. The zero-order valence-electron chi connectivity index (χ0n) is 22.5. The van der Waals surface area contributed by atoms with Gasteiger partial charge in [0.25, 0.3) is 5.91 Å². The monoisotopic (exact) mass is 530 g/mol. The van der Waals surface area contributed by atoms with Gasteiger partial charge in [0.2, 0.25) is 11.8 Å². The number of carbonyl (C=O) groups is 4. The Morgan fingerprint density at radius 1 is 1.00 bits per heavy atom. The van der Waals surface area contributed by atoms with Gasteiger partial charge in [-0.05, 0) is 57.6 Å². The molecule has 0 aliphatic carbocycles. The van der Waals surface area contributed by atoms with Crippen LogP contribution >= 0.6 is 11.3 Å². The van der Waals surface area contributed by atoms with Crippen LogP contribution in [0.2, 0.25) is 0 Å². The summed E-state index contributed by atoms with van der Waals surface area (Å²) >= 11 is 1.40. The lowest BCUT2D eigenvalue weighted by Gasteiger charge is -2.41. The van der Waals surface area contributed by atoms with Crippen molar-refractivity contribution in [3.8, 4) is 0 Å². The van der Waals surface area contributed by atoms with Crippen LogP contribution in [0.3, 0.4) is 0 Å². The first-order chi connectivity index (χ1) is 17.3. The first-order valence-corrected chi connectivity index (χ1v) is 13.5. The van der Waals surface area contributed by atoms with Crippen LogP contribution < -0.4 is 5.32 Å². The summed E-state index contributed by atoms with van der Waals surface area (Å²) in [7, 11) is 0. The number of carboxylic acid groups (broad SMARTS) is 1. The molecule has 9 nitrogen and oxygen atoms in total. The second kappa shape index (κ2) is 11.5. The van der Waals surface area contributed by atoms with Crippen molar-refractivity contribution in [3.05, 3.63) is 35.2 Å². The Kier molecular flexibility index (Phi) is 8.84. The fraction of sp³-hybridized carbons (Fsp3) is 0.556. The molecule has 1 aliphatic heterocycles. The molecule has 10 heteroatoms. The molecule has 0 saturated carbocycles. The Bertz CT molecular complexity index is 1110. The van der Waals surface area contributed by atoms with Gasteiger partial charge in [-0.1, -0.05) is 32.0 Å². The summed E-state index contributed by atoms with van der Waals surface area (Å²) in [6.45, 7) is 12.1. The van der Waals surface area contributed by atoms with Crippen molar-refractivity contribution in [2.45, 2.75) is 65.6 Å². The van der Waals surface area contributed by atoms with E-state index in [1.165, 1.54) is 11.3 Å². The largest absolute Gasteiger partial charge is 0.465 e. The number of nitrogens with one attached hydrogen (secondary N) is 1. The molecule has 1 saturated heterocycles.